The topological polar surface area (TPSA) is 77.0 Å². The van der Waals surface area contributed by atoms with E-state index in [1.54, 1.807) is 18.2 Å². The van der Waals surface area contributed by atoms with Gasteiger partial charge >= 0.3 is 0 Å². The van der Waals surface area contributed by atoms with Gasteiger partial charge in [-0.25, -0.2) is 9.97 Å². The first-order valence-electron chi connectivity index (χ1n) is 9.10. The van der Waals surface area contributed by atoms with Gasteiger partial charge in [-0.2, -0.15) is 0 Å². The molecule has 1 aromatic carbocycles. The molecule has 0 aliphatic carbocycles. The number of methoxy groups -OCH3 is 2. The fourth-order valence-electron chi connectivity index (χ4n) is 3.10. The number of ether oxygens (including phenoxy) is 3. The molecule has 0 bridgehead atoms. The maximum atomic E-state index is 12.3. The molecule has 0 radical (unpaired) electrons. The quantitative estimate of drug-likeness (QED) is 0.749. The van der Waals surface area contributed by atoms with Crippen molar-refractivity contribution in [3.8, 4) is 16.9 Å². The van der Waals surface area contributed by atoms with E-state index in [-0.39, 0.29) is 18.6 Å². The van der Waals surface area contributed by atoms with E-state index in [9.17, 15) is 4.79 Å². The summed E-state index contributed by atoms with van der Waals surface area (Å²) in [5.74, 6) is 1.32. The average molecular weight is 386 g/mol. The second-order valence-corrected chi connectivity index (χ2v) is 6.72. The van der Waals surface area contributed by atoms with E-state index in [4.69, 9.17) is 19.2 Å². The molecule has 1 atom stereocenters. The lowest BCUT2D eigenvalue weighted by Crippen LogP contribution is -2.44. The summed E-state index contributed by atoms with van der Waals surface area (Å²) in [6.07, 6.45) is 1.46. The van der Waals surface area contributed by atoms with Crippen molar-refractivity contribution in [2.75, 3.05) is 59.5 Å². The van der Waals surface area contributed by atoms with Crippen molar-refractivity contribution >= 4 is 11.9 Å². The Morgan fingerprint density at radius 2 is 2.04 bits per heavy atom. The number of anilines is 1. The molecule has 1 saturated heterocycles. The normalized spacial score (nSPS) is 16.7. The first-order chi connectivity index (χ1) is 13.5. The summed E-state index contributed by atoms with van der Waals surface area (Å²) in [6.45, 7) is 1.48. The van der Waals surface area contributed by atoms with Crippen LogP contribution in [0.15, 0.2) is 30.5 Å². The predicted octanol–water partition coefficient (Wildman–Crippen LogP) is 1.76. The van der Waals surface area contributed by atoms with Gasteiger partial charge in [-0.3, -0.25) is 4.79 Å². The lowest BCUT2D eigenvalue weighted by Gasteiger charge is -2.33. The zero-order chi connectivity index (χ0) is 20.1. The Morgan fingerprint density at radius 3 is 2.68 bits per heavy atom. The molecule has 8 heteroatoms. The number of benzene rings is 1. The van der Waals surface area contributed by atoms with Crippen LogP contribution in [0.25, 0.3) is 11.1 Å². The molecule has 0 saturated carbocycles. The largest absolute Gasteiger partial charge is 0.497 e. The standard InChI is InChI=1S/C20H26N4O4/c1-23(2)20-21-11-16(14-5-7-15(27-4)8-6-14)19(22-20)17-12-24(9-10-28-17)18(25)13-26-3/h5-8,11,17H,9-10,12-13H2,1-4H3/t17-/m1/s1. The van der Waals surface area contributed by atoms with Crippen LogP contribution >= 0.6 is 0 Å². The summed E-state index contributed by atoms with van der Waals surface area (Å²) in [5.41, 5.74) is 2.60. The molecule has 1 aliphatic heterocycles. The fraction of sp³-hybridized carbons (Fsp3) is 0.450. The lowest BCUT2D eigenvalue weighted by atomic mass is 10.0. The molecule has 3 rings (SSSR count). The molecular formula is C20H26N4O4. The van der Waals surface area contributed by atoms with Gasteiger partial charge in [-0.15, -0.1) is 0 Å². The molecule has 2 aromatic rings. The maximum Gasteiger partial charge on any atom is 0.248 e. The minimum absolute atomic E-state index is 0.0521. The van der Waals surface area contributed by atoms with Crippen molar-refractivity contribution in [2.24, 2.45) is 0 Å². The van der Waals surface area contributed by atoms with E-state index in [0.29, 0.717) is 25.6 Å². The molecule has 1 amide bonds. The van der Waals surface area contributed by atoms with Gasteiger partial charge in [0, 0.05) is 39.5 Å². The van der Waals surface area contributed by atoms with Crippen LogP contribution in [-0.4, -0.2) is 75.4 Å². The third-order valence-electron chi connectivity index (χ3n) is 4.60. The molecule has 1 aromatic heterocycles. The van der Waals surface area contributed by atoms with Crippen molar-refractivity contribution in [3.05, 3.63) is 36.2 Å². The second kappa shape index (κ2) is 8.99. The maximum absolute atomic E-state index is 12.3. The zero-order valence-electron chi connectivity index (χ0n) is 16.7. The number of amides is 1. The Hall–Kier alpha value is -2.71. The summed E-state index contributed by atoms with van der Waals surface area (Å²) in [6, 6.07) is 7.73. The van der Waals surface area contributed by atoms with E-state index in [2.05, 4.69) is 4.98 Å². The van der Waals surface area contributed by atoms with Crippen LogP contribution in [0.4, 0.5) is 5.95 Å². The third-order valence-corrected chi connectivity index (χ3v) is 4.60. The smallest absolute Gasteiger partial charge is 0.248 e. The SMILES string of the molecule is COCC(=O)N1CCO[C@@H](c2nc(N(C)C)ncc2-c2ccc(OC)cc2)C1. The summed E-state index contributed by atoms with van der Waals surface area (Å²) >= 11 is 0. The van der Waals surface area contributed by atoms with Crippen molar-refractivity contribution in [1.29, 1.82) is 0 Å². The van der Waals surface area contributed by atoms with E-state index in [0.717, 1.165) is 22.6 Å². The second-order valence-electron chi connectivity index (χ2n) is 6.72. The number of rotatable bonds is 6. The number of hydrogen-bond acceptors (Lipinski definition) is 7. The highest BCUT2D eigenvalue weighted by atomic mass is 16.5. The predicted molar refractivity (Wildman–Crippen MR) is 105 cm³/mol. The van der Waals surface area contributed by atoms with Gasteiger partial charge in [0.25, 0.3) is 0 Å². The zero-order valence-corrected chi connectivity index (χ0v) is 16.7. The monoisotopic (exact) mass is 386 g/mol. The average Bonchev–Trinajstić information content (AvgIpc) is 2.73. The highest BCUT2D eigenvalue weighted by molar-refractivity contribution is 5.77. The van der Waals surface area contributed by atoms with Crippen LogP contribution in [0, 0.1) is 0 Å². The van der Waals surface area contributed by atoms with Crippen LogP contribution in [-0.2, 0) is 14.3 Å². The number of hydrogen-bond donors (Lipinski definition) is 0. The number of nitrogens with zero attached hydrogens (tertiary/aromatic N) is 4. The Morgan fingerprint density at radius 1 is 1.29 bits per heavy atom. The van der Waals surface area contributed by atoms with Crippen molar-refractivity contribution in [2.45, 2.75) is 6.10 Å². The van der Waals surface area contributed by atoms with E-state index < -0.39 is 0 Å². The van der Waals surface area contributed by atoms with E-state index in [1.807, 2.05) is 43.3 Å². The molecule has 2 heterocycles. The molecule has 1 aliphatic rings. The summed E-state index contributed by atoms with van der Waals surface area (Å²) in [5, 5.41) is 0. The van der Waals surface area contributed by atoms with Crippen LogP contribution in [0.1, 0.15) is 11.8 Å². The molecule has 150 valence electrons. The van der Waals surface area contributed by atoms with Crippen molar-refractivity contribution in [1.82, 2.24) is 14.9 Å². The molecule has 0 spiro atoms. The van der Waals surface area contributed by atoms with Gasteiger partial charge in [0.15, 0.2) is 0 Å². The van der Waals surface area contributed by atoms with Crippen molar-refractivity contribution in [3.63, 3.8) is 0 Å². The molecule has 28 heavy (non-hydrogen) atoms. The van der Waals surface area contributed by atoms with Gasteiger partial charge in [-0.05, 0) is 17.7 Å². The van der Waals surface area contributed by atoms with Gasteiger partial charge in [0.2, 0.25) is 11.9 Å². The Kier molecular flexibility index (Phi) is 6.43. The number of morpholine rings is 1. The summed E-state index contributed by atoms with van der Waals surface area (Å²) in [7, 11) is 6.94. The third kappa shape index (κ3) is 4.40. The van der Waals surface area contributed by atoms with Gasteiger partial charge in [0.05, 0.1) is 26.0 Å². The number of carbonyl (C=O) groups is 1. The Labute approximate surface area is 165 Å². The fourth-order valence-corrected chi connectivity index (χ4v) is 3.10. The summed E-state index contributed by atoms with van der Waals surface area (Å²) in [4.78, 5) is 25.1. The number of carbonyl (C=O) groups excluding carboxylic acids is 1. The van der Waals surface area contributed by atoms with E-state index in [1.165, 1.54) is 7.11 Å². The Bertz CT molecular complexity index is 810. The molecule has 1 fully saturated rings. The van der Waals surface area contributed by atoms with Gasteiger partial charge in [-0.1, -0.05) is 12.1 Å². The minimum Gasteiger partial charge on any atom is -0.497 e. The highest BCUT2D eigenvalue weighted by Crippen LogP contribution is 2.32. The van der Waals surface area contributed by atoms with Crippen LogP contribution in [0.5, 0.6) is 5.75 Å². The Balaban J connectivity index is 1.96. The first-order valence-corrected chi connectivity index (χ1v) is 9.10. The summed E-state index contributed by atoms with van der Waals surface area (Å²) < 4.78 is 16.2. The minimum atomic E-state index is -0.339. The van der Waals surface area contributed by atoms with Gasteiger partial charge < -0.3 is 24.0 Å². The molecule has 8 nitrogen and oxygen atoms in total. The van der Waals surface area contributed by atoms with Gasteiger partial charge in [0.1, 0.15) is 18.5 Å². The lowest BCUT2D eigenvalue weighted by molar-refractivity contribution is -0.143. The van der Waals surface area contributed by atoms with Crippen LogP contribution in [0.2, 0.25) is 0 Å². The van der Waals surface area contributed by atoms with Crippen LogP contribution in [0.3, 0.4) is 0 Å². The molecule has 0 N–H and O–H groups in total. The molecule has 0 unspecified atom stereocenters. The van der Waals surface area contributed by atoms with Crippen molar-refractivity contribution < 1.29 is 19.0 Å². The number of aromatic nitrogens is 2. The van der Waals surface area contributed by atoms with Crippen LogP contribution < -0.4 is 9.64 Å². The van der Waals surface area contributed by atoms with E-state index >= 15 is 0 Å². The highest BCUT2D eigenvalue weighted by Gasteiger charge is 2.29. The first kappa shape index (κ1) is 20.0. The molecular weight excluding hydrogens is 360 g/mol.